The first-order valence-electron chi connectivity index (χ1n) is 7.87. The fraction of sp³-hybridized carbons (Fsp3) is 0.316. The second-order valence-corrected chi connectivity index (χ2v) is 6.86. The van der Waals surface area contributed by atoms with E-state index < -0.39 is 5.54 Å². The number of halogens is 1. The first-order valence-corrected chi connectivity index (χ1v) is 8.66. The molecule has 2 aromatic carbocycles. The van der Waals surface area contributed by atoms with E-state index >= 15 is 0 Å². The molecular weight excluding hydrogens is 368 g/mol. The maximum atomic E-state index is 12.8. The van der Waals surface area contributed by atoms with Crippen LogP contribution in [0.3, 0.4) is 0 Å². The zero-order valence-corrected chi connectivity index (χ0v) is 15.8. The van der Waals surface area contributed by atoms with Gasteiger partial charge >= 0.3 is 0 Å². The molecule has 24 heavy (non-hydrogen) atoms. The molecule has 0 aromatic heterocycles. The molecule has 0 spiro atoms. The minimum absolute atomic E-state index is 0.126. The van der Waals surface area contributed by atoms with Crippen molar-refractivity contribution in [1.29, 1.82) is 0 Å². The summed E-state index contributed by atoms with van der Waals surface area (Å²) in [5, 5.41) is 0. The highest BCUT2D eigenvalue weighted by atomic mass is 79.9. The van der Waals surface area contributed by atoms with E-state index in [9.17, 15) is 4.79 Å². The first-order chi connectivity index (χ1) is 11.3. The molecule has 128 valence electrons. The number of likely N-dealkylation sites (N-methyl/N-ethyl adjacent to an activating group) is 1. The van der Waals surface area contributed by atoms with Crippen LogP contribution in [0.1, 0.15) is 25.0 Å². The number of ether oxygens (including phenoxy) is 1. The van der Waals surface area contributed by atoms with Crippen molar-refractivity contribution in [2.24, 2.45) is 5.73 Å². The molecule has 1 atom stereocenters. The lowest BCUT2D eigenvalue weighted by Gasteiger charge is -2.30. The van der Waals surface area contributed by atoms with Gasteiger partial charge in [0.15, 0.2) is 0 Å². The average molecular weight is 391 g/mol. The molecule has 5 heteroatoms. The number of rotatable bonds is 6. The summed E-state index contributed by atoms with van der Waals surface area (Å²) in [7, 11) is 1.77. The minimum atomic E-state index is -1.07. The van der Waals surface area contributed by atoms with Crippen LogP contribution in [-0.2, 0) is 16.9 Å². The number of amides is 1. The molecule has 1 unspecified atom stereocenters. The Morgan fingerprint density at radius 2 is 1.75 bits per heavy atom. The second-order valence-electron chi connectivity index (χ2n) is 5.95. The van der Waals surface area contributed by atoms with Crippen LogP contribution in [0.15, 0.2) is 53.0 Å². The highest BCUT2D eigenvalue weighted by Gasteiger charge is 2.33. The van der Waals surface area contributed by atoms with Crippen LogP contribution >= 0.6 is 15.9 Å². The number of carbonyl (C=O) groups excluding carboxylic acids is 1. The van der Waals surface area contributed by atoms with E-state index in [2.05, 4.69) is 15.9 Å². The molecule has 0 aliphatic heterocycles. The standard InChI is InChI=1S/C19H23BrN2O2/c1-4-24-17-11-5-14(6-12-17)13-22(3)18(23)19(2,21)15-7-9-16(20)10-8-15/h5-12H,4,13,21H2,1-3H3. The Labute approximate surface area is 151 Å². The Balaban J connectivity index is 2.09. The topological polar surface area (TPSA) is 55.6 Å². The van der Waals surface area contributed by atoms with Crippen molar-refractivity contribution in [3.8, 4) is 5.75 Å². The quantitative estimate of drug-likeness (QED) is 0.818. The van der Waals surface area contributed by atoms with Gasteiger partial charge in [-0.25, -0.2) is 0 Å². The Hall–Kier alpha value is -1.85. The fourth-order valence-corrected chi connectivity index (χ4v) is 2.78. The molecule has 0 aliphatic rings. The summed E-state index contributed by atoms with van der Waals surface area (Å²) >= 11 is 3.39. The molecule has 0 fully saturated rings. The van der Waals surface area contributed by atoms with Crippen molar-refractivity contribution in [3.63, 3.8) is 0 Å². The van der Waals surface area contributed by atoms with Crippen LogP contribution in [0.2, 0.25) is 0 Å². The van der Waals surface area contributed by atoms with Gasteiger partial charge in [0, 0.05) is 18.1 Å². The molecule has 0 saturated carbocycles. The highest BCUT2D eigenvalue weighted by Crippen LogP contribution is 2.23. The van der Waals surface area contributed by atoms with Gasteiger partial charge in [-0.3, -0.25) is 4.79 Å². The van der Waals surface area contributed by atoms with Crippen molar-refractivity contribution in [2.45, 2.75) is 25.9 Å². The molecule has 2 rings (SSSR count). The Bertz CT molecular complexity index is 682. The summed E-state index contributed by atoms with van der Waals surface area (Å²) in [4.78, 5) is 14.4. The summed E-state index contributed by atoms with van der Waals surface area (Å²) in [6.07, 6.45) is 0. The summed E-state index contributed by atoms with van der Waals surface area (Å²) in [5.74, 6) is 0.701. The summed E-state index contributed by atoms with van der Waals surface area (Å²) in [6.45, 7) is 4.82. The number of nitrogens with two attached hydrogens (primary N) is 1. The third-order valence-corrected chi connectivity index (χ3v) is 4.42. The number of carbonyl (C=O) groups is 1. The van der Waals surface area contributed by atoms with Gasteiger partial charge < -0.3 is 15.4 Å². The van der Waals surface area contributed by atoms with Gasteiger partial charge in [0.05, 0.1) is 6.61 Å². The zero-order chi connectivity index (χ0) is 17.7. The lowest BCUT2D eigenvalue weighted by molar-refractivity contribution is -0.136. The minimum Gasteiger partial charge on any atom is -0.494 e. The molecule has 2 aromatic rings. The monoisotopic (exact) mass is 390 g/mol. The van der Waals surface area contributed by atoms with Crippen LogP contribution < -0.4 is 10.5 Å². The number of benzene rings is 2. The van der Waals surface area contributed by atoms with Crippen LogP contribution in [0.4, 0.5) is 0 Å². The lowest BCUT2D eigenvalue weighted by atomic mass is 9.91. The van der Waals surface area contributed by atoms with E-state index in [0.717, 1.165) is 21.3 Å². The van der Waals surface area contributed by atoms with Crippen molar-refractivity contribution in [1.82, 2.24) is 4.90 Å². The van der Waals surface area contributed by atoms with Crippen LogP contribution in [0.25, 0.3) is 0 Å². The predicted octanol–water partition coefficient (Wildman–Crippen LogP) is 3.68. The third kappa shape index (κ3) is 4.36. The Morgan fingerprint density at radius 3 is 2.29 bits per heavy atom. The Kier molecular flexibility index (Phi) is 6.02. The van der Waals surface area contributed by atoms with Gasteiger partial charge in [0.1, 0.15) is 11.3 Å². The van der Waals surface area contributed by atoms with Crippen molar-refractivity contribution in [3.05, 3.63) is 64.1 Å². The second kappa shape index (κ2) is 7.81. The smallest absolute Gasteiger partial charge is 0.247 e. The number of hydrogen-bond acceptors (Lipinski definition) is 3. The molecule has 0 aliphatic carbocycles. The maximum Gasteiger partial charge on any atom is 0.247 e. The third-order valence-electron chi connectivity index (χ3n) is 3.89. The van der Waals surface area contributed by atoms with Crippen molar-refractivity contribution in [2.75, 3.05) is 13.7 Å². The van der Waals surface area contributed by atoms with E-state index in [0.29, 0.717) is 13.2 Å². The van der Waals surface area contributed by atoms with Crippen LogP contribution in [-0.4, -0.2) is 24.5 Å². The summed E-state index contributed by atoms with van der Waals surface area (Å²) in [5.41, 5.74) is 7.07. The predicted molar refractivity (Wildman–Crippen MR) is 99.8 cm³/mol. The van der Waals surface area contributed by atoms with Gasteiger partial charge in [-0.1, -0.05) is 40.2 Å². The van der Waals surface area contributed by atoms with E-state index in [-0.39, 0.29) is 5.91 Å². The zero-order valence-electron chi connectivity index (χ0n) is 14.3. The molecular formula is C19H23BrN2O2. The van der Waals surface area contributed by atoms with Crippen LogP contribution in [0.5, 0.6) is 5.75 Å². The molecule has 0 saturated heterocycles. The lowest BCUT2D eigenvalue weighted by Crippen LogP contribution is -2.49. The van der Waals surface area contributed by atoms with Gasteiger partial charge in [0.2, 0.25) is 5.91 Å². The molecule has 0 radical (unpaired) electrons. The maximum absolute atomic E-state index is 12.8. The van der Waals surface area contributed by atoms with E-state index in [1.54, 1.807) is 18.9 Å². The molecule has 1 amide bonds. The number of nitrogens with zero attached hydrogens (tertiary/aromatic N) is 1. The normalized spacial score (nSPS) is 13.2. The molecule has 0 heterocycles. The first kappa shape index (κ1) is 18.5. The highest BCUT2D eigenvalue weighted by molar-refractivity contribution is 9.10. The SMILES string of the molecule is CCOc1ccc(CN(C)C(=O)C(C)(N)c2ccc(Br)cc2)cc1. The fourth-order valence-electron chi connectivity index (χ4n) is 2.52. The van der Waals surface area contributed by atoms with Gasteiger partial charge in [-0.05, 0) is 49.2 Å². The van der Waals surface area contributed by atoms with E-state index in [1.807, 2.05) is 55.5 Å². The summed E-state index contributed by atoms with van der Waals surface area (Å²) in [6, 6.07) is 15.3. The number of hydrogen-bond donors (Lipinski definition) is 1. The van der Waals surface area contributed by atoms with E-state index in [1.165, 1.54) is 0 Å². The summed E-state index contributed by atoms with van der Waals surface area (Å²) < 4.78 is 6.39. The average Bonchev–Trinajstić information content (AvgIpc) is 2.56. The van der Waals surface area contributed by atoms with Gasteiger partial charge in [-0.2, -0.15) is 0 Å². The Morgan fingerprint density at radius 1 is 1.17 bits per heavy atom. The van der Waals surface area contributed by atoms with E-state index in [4.69, 9.17) is 10.5 Å². The van der Waals surface area contributed by atoms with Crippen molar-refractivity contribution < 1.29 is 9.53 Å². The largest absolute Gasteiger partial charge is 0.494 e. The molecule has 2 N–H and O–H groups in total. The molecule has 4 nitrogen and oxygen atoms in total. The van der Waals surface area contributed by atoms with Gasteiger partial charge in [-0.15, -0.1) is 0 Å². The molecule has 0 bridgehead atoms. The van der Waals surface area contributed by atoms with Gasteiger partial charge in [0.25, 0.3) is 0 Å². The van der Waals surface area contributed by atoms with Crippen LogP contribution in [0, 0.1) is 0 Å². The van der Waals surface area contributed by atoms with Crippen molar-refractivity contribution >= 4 is 21.8 Å².